The summed E-state index contributed by atoms with van der Waals surface area (Å²) in [5.74, 6) is 8.49. The number of hydrogen-bond donors (Lipinski definition) is 0. The van der Waals surface area contributed by atoms with E-state index in [1.54, 1.807) is 0 Å². The molecule has 4 aliphatic carbocycles. The van der Waals surface area contributed by atoms with E-state index < -0.39 is 0 Å². The van der Waals surface area contributed by atoms with Gasteiger partial charge >= 0.3 is 11.9 Å². The van der Waals surface area contributed by atoms with E-state index in [1.165, 1.54) is 38.5 Å². The first-order valence-electron chi connectivity index (χ1n) is 14.5. The van der Waals surface area contributed by atoms with E-state index in [9.17, 15) is 9.59 Å². The largest absolute Gasteiger partial charge is 0.461 e. The quantitative estimate of drug-likeness (QED) is 0.223. The second-order valence-electron chi connectivity index (χ2n) is 12.8. The summed E-state index contributed by atoms with van der Waals surface area (Å²) in [7, 11) is 0. The molecule has 0 bridgehead atoms. The van der Waals surface area contributed by atoms with Gasteiger partial charge in [-0.2, -0.15) is 0 Å². The van der Waals surface area contributed by atoms with Crippen LogP contribution in [-0.2, 0) is 23.8 Å². The molecule has 4 saturated carbocycles. The topological polar surface area (TPSA) is 61.8 Å². The van der Waals surface area contributed by atoms with Crippen LogP contribution in [0.3, 0.4) is 0 Å². The highest BCUT2D eigenvalue weighted by atomic mass is 16.6. The zero-order valence-electron chi connectivity index (χ0n) is 23.1. The van der Waals surface area contributed by atoms with Gasteiger partial charge in [0.2, 0.25) is 0 Å². The van der Waals surface area contributed by atoms with Crippen LogP contribution < -0.4 is 0 Å². The van der Waals surface area contributed by atoms with Gasteiger partial charge in [0, 0.05) is 6.42 Å². The third-order valence-corrected chi connectivity index (χ3v) is 11.2. The zero-order chi connectivity index (χ0) is 26.6. The molecule has 5 nitrogen and oxygen atoms in total. The van der Waals surface area contributed by atoms with Crippen molar-refractivity contribution in [2.45, 2.75) is 97.5 Å². The molecule has 0 heterocycles. The van der Waals surface area contributed by atoms with Crippen molar-refractivity contribution in [3.63, 3.8) is 0 Å². The molecule has 0 aliphatic heterocycles. The average molecular weight is 511 g/mol. The maximum atomic E-state index is 12.2. The fourth-order valence-electron chi connectivity index (χ4n) is 9.46. The molecule has 5 heteroatoms. The van der Waals surface area contributed by atoms with Crippen molar-refractivity contribution in [1.29, 1.82) is 0 Å². The molecule has 0 unspecified atom stereocenters. The molecule has 0 aromatic carbocycles. The minimum Gasteiger partial charge on any atom is -0.461 e. The fourth-order valence-corrected chi connectivity index (χ4v) is 9.46. The number of hydrogen-bond acceptors (Lipinski definition) is 5. The van der Waals surface area contributed by atoms with Gasteiger partial charge in [0.15, 0.2) is 6.61 Å². The fraction of sp³-hybridized carbons (Fsp3) is 0.812. The van der Waals surface area contributed by atoms with Crippen LogP contribution in [0.4, 0.5) is 0 Å². The Balaban J connectivity index is 1.35. The summed E-state index contributed by atoms with van der Waals surface area (Å²) in [6.07, 6.45) is 22.6. The summed E-state index contributed by atoms with van der Waals surface area (Å²) in [5, 5.41) is 0. The third-order valence-electron chi connectivity index (χ3n) is 11.2. The van der Waals surface area contributed by atoms with Gasteiger partial charge in [-0.1, -0.05) is 32.6 Å². The molecule has 9 atom stereocenters. The lowest BCUT2D eigenvalue weighted by Crippen LogP contribution is -2.54. The summed E-state index contributed by atoms with van der Waals surface area (Å²) in [6, 6.07) is 0. The Morgan fingerprint density at radius 2 is 1.65 bits per heavy atom. The van der Waals surface area contributed by atoms with Gasteiger partial charge < -0.3 is 14.2 Å². The van der Waals surface area contributed by atoms with Crippen molar-refractivity contribution < 1.29 is 23.8 Å². The molecule has 0 amide bonds. The maximum absolute atomic E-state index is 12.2. The van der Waals surface area contributed by atoms with E-state index in [2.05, 4.69) is 32.6 Å². The molecule has 37 heavy (non-hydrogen) atoms. The van der Waals surface area contributed by atoms with Crippen molar-refractivity contribution in [2.75, 3.05) is 19.8 Å². The van der Waals surface area contributed by atoms with Crippen molar-refractivity contribution >= 4 is 11.9 Å². The van der Waals surface area contributed by atoms with E-state index in [4.69, 9.17) is 27.1 Å². The van der Waals surface area contributed by atoms with Gasteiger partial charge in [0.25, 0.3) is 0 Å². The number of rotatable bonds is 9. The zero-order valence-corrected chi connectivity index (χ0v) is 23.1. The highest BCUT2D eigenvalue weighted by Crippen LogP contribution is 2.68. The molecule has 204 valence electrons. The van der Waals surface area contributed by atoms with Gasteiger partial charge in [0.1, 0.15) is 19.3 Å². The molecule has 4 aliphatic rings. The predicted molar refractivity (Wildman–Crippen MR) is 143 cm³/mol. The lowest BCUT2D eigenvalue weighted by Gasteiger charge is -2.61. The lowest BCUT2D eigenvalue weighted by molar-refractivity contribution is -0.166. The lowest BCUT2D eigenvalue weighted by atomic mass is 9.44. The highest BCUT2D eigenvalue weighted by molar-refractivity contribution is 5.71. The Morgan fingerprint density at radius 1 is 0.919 bits per heavy atom. The number of terminal acetylenes is 2. The second-order valence-corrected chi connectivity index (χ2v) is 12.8. The van der Waals surface area contributed by atoms with E-state index in [0.29, 0.717) is 35.0 Å². The van der Waals surface area contributed by atoms with Crippen LogP contribution in [0.1, 0.15) is 91.4 Å². The molecule has 0 aromatic rings. The van der Waals surface area contributed by atoms with Crippen LogP contribution >= 0.6 is 0 Å². The summed E-state index contributed by atoms with van der Waals surface area (Å²) in [4.78, 5) is 24.2. The Kier molecular flexibility index (Phi) is 8.96. The van der Waals surface area contributed by atoms with Crippen LogP contribution in [0.25, 0.3) is 0 Å². The molecule has 4 fully saturated rings. The van der Waals surface area contributed by atoms with Crippen molar-refractivity contribution in [1.82, 2.24) is 0 Å². The normalized spacial score (nSPS) is 39.2. The van der Waals surface area contributed by atoms with Crippen LogP contribution in [-0.4, -0.2) is 37.9 Å². The molecular weight excluding hydrogens is 464 g/mol. The summed E-state index contributed by atoms with van der Waals surface area (Å²) >= 11 is 0. The second kappa shape index (κ2) is 11.8. The summed E-state index contributed by atoms with van der Waals surface area (Å²) < 4.78 is 16.0. The first-order valence-corrected chi connectivity index (χ1v) is 14.5. The molecule has 0 radical (unpaired) electrons. The smallest absolute Gasteiger partial charge is 0.332 e. The van der Waals surface area contributed by atoms with Crippen molar-refractivity contribution in [3.8, 4) is 24.7 Å². The van der Waals surface area contributed by atoms with Gasteiger partial charge in [0.05, 0.1) is 0 Å². The average Bonchev–Trinajstić information content (AvgIpc) is 3.23. The summed E-state index contributed by atoms with van der Waals surface area (Å²) in [5.41, 5.74) is 0.717. The Labute approximate surface area is 224 Å². The van der Waals surface area contributed by atoms with E-state index >= 15 is 0 Å². The number of ether oxygens (including phenoxy) is 3. The molecule has 0 spiro atoms. The first-order chi connectivity index (χ1) is 17.7. The summed E-state index contributed by atoms with van der Waals surface area (Å²) in [6.45, 7) is 7.61. The molecule has 0 aromatic heterocycles. The SMILES string of the molecule is C#CCOCC(=O)O[C@@H]1CC[C@@]2(C)[C@H](CC[C@@H]3[C@@H]2CC[C@]2(C)[C@@H]([C@H](C)CCC(=O)OCC#C)CC[C@@H]32)C1. The van der Waals surface area contributed by atoms with Crippen molar-refractivity contribution in [3.05, 3.63) is 0 Å². The van der Waals surface area contributed by atoms with Crippen LogP contribution in [0, 0.1) is 71.0 Å². The van der Waals surface area contributed by atoms with Crippen LogP contribution in [0.2, 0.25) is 0 Å². The number of carbonyl (C=O) groups is 2. The van der Waals surface area contributed by atoms with Gasteiger partial charge in [-0.25, -0.2) is 4.79 Å². The Bertz CT molecular complexity index is 913. The Hall–Kier alpha value is -1.98. The number of fused-ring (bicyclic) bond motifs is 5. The molecular formula is C32H46O5. The minimum absolute atomic E-state index is 0.00875. The highest BCUT2D eigenvalue weighted by Gasteiger charge is 2.60. The van der Waals surface area contributed by atoms with Crippen LogP contribution in [0.5, 0.6) is 0 Å². The van der Waals surface area contributed by atoms with Crippen LogP contribution in [0.15, 0.2) is 0 Å². The Morgan fingerprint density at radius 3 is 2.41 bits per heavy atom. The molecule has 0 saturated heterocycles. The minimum atomic E-state index is -0.290. The first kappa shape index (κ1) is 28.0. The van der Waals surface area contributed by atoms with Gasteiger partial charge in [-0.05, 0) is 111 Å². The molecule has 4 rings (SSSR count). The van der Waals surface area contributed by atoms with E-state index in [-0.39, 0.29) is 37.9 Å². The monoisotopic (exact) mass is 510 g/mol. The van der Waals surface area contributed by atoms with Gasteiger partial charge in [-0.15, -0.1) is 12.8 Å². The third kappa shape index (κ3) is 5.73. The standard InChI is InChI=1S/C32H46O5/c1-6-18-35-21-30(34)37-24-14-16-31(4)23(20-24)9-10-25-27-12-11-26(32(27,5)17-15-28(25)31)22(3)8-13-29(33)36-19-7-2/h1-2,22-28H,8-21H2,3-5H3/t22-,23-,24-,25+,26-,27+,28+,31+,32-/m1/s1. The number of carbonyl (C=O) groups excluding carboxylic acids is 2. The maximum Gasteiger partial charge on any atom is 0.332 e. The van der Waals surface area contributed by atoms with E-state index in [0.717, 1.165) is 43.4 Å². The number of esters is 2. The van der Waals surface area contributed by atoms with Gasteiger partial charge in [-0.3, -0.25) is 4.79 Å². The van der Waals surface area contributed by atoms with E-state index in [1.807, 2.05) is 0 Å². The predicted octanol–water partition coefficient (Wildman–Crippen LogP) is 5.80. The van der Waals surface area contributed by atoms with Crippen molar-refractivity contribution in [2.24, 2.45) is 46.3 Å². The molecule has 0 N–H and O–H groups in total.